The van der Waals surface area contributed by atoms with Gasteiger partial charge in [-0.25, -0.2) is 4.39 Å². The molecule has 2 aromatic carbocycles. The summed E-state index contributed by atoms with van der Waals surface area (Å²) in [6.07, 6.45) is 1.09. The Balaban J connectivity index is 1.53. The smallest absolute Gasteiger partial charge is 0.260 e. The second-order valence-electron chi connectivity index (χ2n) is 11.7. The first-order valence-corrected chi connectivity index (χ1v) is 12.4. The maximum absolute atomic E-state index is 13.2. The maximum atomic E-state index is 13.2. The SMILES string of the molecule is C[C@@H]1CN(Cc2ccc(F)cc2)[C@@H](C)CN1C(=O)COc1ccc(C(C)(C)CC(C)(C)C)cc1. The molecular formula is C29H41FN2O2. The molecule has 1 fully saturated rings. The van der Waals surface area contributed by atoms with Gasteiger partial charge in [0.05, 0.1) is 0 Å². The second-order valence-corrected chi connectivity index (χ2v) is 11.7. The molecule has 3 rings (SSSR count). The first-order valence-electron chi connectivity index (χ1n) is 12.4. The zero-order chi connectivity index (χ0) is 25.1. The van der Waals surface area contributed by atoms with Gasteiger partial charge in [-0.2, -0.15) is 0 Å². The normalized spacial score (nSPS) is 19.8. The van der Waals surface area contributed by atoms with Crippen molar-refractivity contribution in [3.05, 3.63) is 65.5 Å². The molecule has 0 saturated carbocycles. The third-order valence-corrected chi connectivity index (χ3v) is 6.70. The lowest BCUT2D eigenvalue weighted by molar-refractivity contribution is -0.139. The number of amides is 1. The van der Waals surface area contributed by atoms with Gasteiger partial charge in [0.15, 0.2) is 6.61 Å². The number of hydrogen-bond donors (Lipinski definition) is 0. The predicted octanol–water partition coefficient (Wildman–Crippen LogP) is 6.04. The highest BCUT2D eigenvalue weighted by Gasteiger charge is 2.32. The van der Waals surface area contributed by atoms with E-state index in [1.807, 2.05) is 29.2 Å². The van der Waals surface area contributed by atoms with E-state index in [9.17, 15) is 9.18 Å². The molecule has 1 aliphatic heterocycles. The highest BCUT2D eigenvalue weighted by Crippen LogP contribution is 2.36. The highest BCUT2D eigenvalue weighted by molar-refractivity contribution is 5.78. The van der Waals surface area contributed by atoms with Crippen molar-refractivity contribution in [1.29, 1.82) is 0 Å². The van der Waals surface area contributed by atoms with E-state index in [0.29, 0.717) is 6.54 Å². The average Bonchev–Trinajstić information content (AvgIpc) is 2.74. The number of benzene rings is 2. The van der Waals surface area contributed by atoms with E-state index in [0.717, 1.165) is 30.8 Å². The fourth-order valence-corrected chi connectivity index (χ4v) is 5.25. The maximum Gasteiger partial charge on any atom is 0.260 e. The van der Waals surface area contributed by atoms with E-state index < -0.39 is 0 Å². The summed E-state index contributed by atoms with van der Waals surface area (Å²) in [6.45, 7) is 17.8. The number of nitrogens with zero attached hydrogens (tertiary/aromatic N) is 2. The van der Waals surface area contributed by atoms with Crippen molar-refractivity contribution >= 4 is 5.91 Å². The predicted molar refractivity (Wildman–Crippen MR) is 136 cm³/mol. The Morgan fingerprint density at radius 2 is 1.56 bits per heavy atom. The van der Waals surface area contributed by atoms with Crippen LogP contribution in [0.2, 0.25) is 0 Å². The zero-order valence-electron chi connectivity index (χ0n) is 21.9. The van der Waals surface area contributed by atoms with E-state index >= 15 is 0 Å². The molecule has 0 unspecified atom stereocenters. The lowest BCUT2D eigenvalue weighted by Crippen LogP contribution is -2.58. The fraction of sp³-hybridized carbons (Fsp3) is 0.552. The van der Waals surface area contributed by atoms with Crippen LogP contribution < -0.4 is 4.74 Å². The van der Waals surface area contributed by atoms with Gasteiger partial charge in [0.25, 0.3) is 5.91 Å². The summed E-state index contributed by atoms with van der Waals surface area (Å²) in [4.78, 5) is 17.2. The summed E-state index contributed by atoms with van der Waals surface area (Å²) in [5, 5.41) is 0. The molecular weight excluding hydrogens is 427 g/mol. The van der Waals surface area contributed by atoms with Crippen LogP contribution >= 0.6 is 0 Å². The minimum atomic E-state index is -0.219. The molecule has 1 aliphatic rings. The number of ether oxygens (including phenoxy) is 1. The van der Waals surface area contributed by atoms with Crippen LogP contribution in [0.15, 0.2) is 48.5 Å². The van der Waals surface area contributed by atoms with Crippen LogP contribution in [0.5, 0.6) is 5.75 Å². The van der Waals surface area contributed by atoms with Gasteiger partial charge in [-0.3, -0.25) is 9.69 Å². The van der Waals surface area contributed by atoms with E-state index in [4.69, 9.17) is 4.74 Å². The number of hydrogen-bond acceptors (Lipinski definition) is 3. The Bertz CT molecular complexity index is 948. The fourth-order valence-electron chi connectivity index (χ4n) is 5.25. The lowest BCUT2D eigenvalue weighted by Gasteiger charge is -2.44. The van der Waals surface area contributed by atoms with Crippen molar-refractivity contribution in [1.82, 2.24) is 9.80 Å². The number of rotatable bonds is 7. The quantitative estimate of drug-likeness (QED) is 0.497. The number of carbonyl (C=O) groups is 1. The van der Waals surface area contributed by atoms with Crippen molar-refractivity contribution in [2.24, 2.45) is 5.41 Å². The minimum Gasteiger partial charge on any atom is -0.484 e. The molecule has 0 aliphatic carbocycles. The van der Waals surface area contributed by atoms with Crippen LogP contribution in [0.3, 0.4) is 0 Å². The standard InChI is InChI=1S/C29H41FN2O2/c1-21-17-32(22(2)16-31(21)18-23-8-12-25(30)13-9-23)27(33)19-34-26-14-10-24(11-15-26)29(6,7)20-28(3,4)5/h8-15,21-22H,16-20H2,1-7H3/t21-,22+/m0/s1. The summed E-state index contributed by atoms with van der Waals surface area (Å²) in [7, 11) is 0. The molecule has 34 heavy (non-hydrogen) atoms. The molecule has 2 aromatic rings. The largest absolute Gasteiger partial charge is 0.484 e. The van der Waals surface area contributed by atoms with Crippen molar-refractivity contribution in [3.8, 4) is 5.75 Å². The summed E-state index contributed by atoms with van der Waals surface area (Å²) in [5.74, 6) is 0.515. The second kappa shape index (κ2) is 10.5. The van der Waals surface area contributed by atoms with Crippen molar-refractivity contribution in [3.63, 3.8) is 0 Å². The monoisotopic (exact) mass is 468 g/mol. The third kappa shape index (κ3) is 7.05. The Kier molecular flexibility index (Phi) is 8.07. The Labute approximate surface area is 205 Å². The first kappa shape index (κ1) is 26.2. The molecule has 5 heteroatoms. The Hall–Kier alpha value is -2.40. The van der Waals surface area contributed by atoms with Crippen molar-refractivity contribution in [2.75, 3.05) is 19.7 Å². The summed E-state index contributed by atoms with van der Waals surface area (Å²) < 4.78 is 19.1. The van der Waals surface area contributed by atoms with E-state index in [2.05, 4.69) is 65.5 Å². The van der Waals surface area contributed by atoms with Gasteiger partial charge in [0.2, 0.25) is 0 Å². The molecule has 0 spiro atoms. The van der Waals surface area contributed by atoms with E-state index in [-0.39, 0.29) is 41.2 Å². The number of piperazine rings is 1. The molecule has 0 bridgehead atoms. The van der Waals surface area contributed by atoms with Crippen LogP contribution in [-0.4, -0.2) is 47.5 Å². The van der Waals surface area contributed by atoms with Crippen LogP contribution in [0.25, 0.3) is 0 Å². The van der Waals surface area contributed by atoms with E-state index in [1.165, 1.54) is 17.7 Å². The average molecular weight is 469 g/mol. The zero-order valence-corrected chi connectivity index (χ0v) is 21.9. The molecule has 1 amide bonds. The summed E-state index contributed by atoms with van der Waals surface area (Å²) in [5.41, 5.74) is 2.69. The van der Waals surface area contributed by atoms with Gasteiger partial charge in [0, 0.05) is 31.7 Å². The molecule has 0 radical (unpaired) electrons. The third-order valence-electron chi connectivity index (χ3n) is 6.70. The molecule has 0 aromatic heterocycles. The van der Waals surface area contributed by atoms with Crippen molar-refractivity contribution < 1.29 is 13.9 Å². The van der Waals surface area contributed by atoms with Crippen molar-refractivity contribution in [2.45, 2.75) is 78.9 Å². The molecule has 4 nitrogen and oxygen atoms in total. The van der Waals surface area contributed by atoms with Gasteiger partial charge >= 0.3 is 0 Å². The van der Waals surface area contributed by atoms with Gasteiger partial charge in [-0.05, 0) is 66.5 Å². The van der Waals surface area contributed by atoms with Gasteiger partial charge in [-0.1, -0.05) is 58.9 Å². The van der Waals surface area contributed by atoms with Crippen LogP contribution in [-0.2, 0) is 16.8 Å². The molecule has 186 valence electrons. The van der Waals surface area contributed by atoms with Gasteiger partial charge in [-0.15, -0.1) is 0 Å². The lowest BCUT2D eigenvalue weighted by atomic mass is 9.72. The highest BCUT2D eigenvalue weighted by atomic mass is 19.1. The van der Waals surface area contributed by atoms with Crippen LogP contribution in [0.4, 0.5) is 4.39 Å². The first-order chi connectivity index (χ1) is 15.8. The molecule has 1 saturated heterocycles. The van der Waals surface area contributed by atoms with Gasteiger partial charge in [0.1, 0.15) is 11.6 Å². The molecule has 2 atom stereocenters. The van der Waals surface area contributed by atoms with Gasteiger partial charge < -0.3 is 9.64 Å². The van der Waals surface area contributed by atoms with Crippen LogP contribution in [0, 0.1) is 11.2 Å². The summed E-state index contributed by atoms with van der Waals surface area (Å²) in [6, 6.07) is 15.1. The van der Waals surface area contributed by atoms with Crippen LogP contribution in [0.1, 0.15) is 66.0 Å². The molecule has 0 N–H and O–H groups in total. The number of halogens is 1. The molecule has 1 heterocycles. The number of carbonyl (C=O) groups excluding carboxylic acids is 1. The van der Waals surface area contributed by atoms with E-state index in [1.54, 1.807) is 0 Å². The minimum absolute atomic E-state index is 0.0120. The Morgan fingerprint density at radius 1 is 0.941 bits per heavy atom. The summed E-state index contributed by atoms with van der Waals surface area (Å²) >= 11 is 0. The Morgan fingerprint density at radius 3 is 2.15 bits per heavy atom. The topological polar surface area (TPSA) is 32.8 Å².